The number of aromatic nitrogens is 1. The van der Waals surface area contributed by atoms with Crippen LogP contribution < -0.4 is 11.1 Å². The summed E-state index contributed by atoms with van der Waals surface area (Å²) in [5.41, 5.74) is 7.59. The van der Waals surface area contributed by atoms with Crippen molar-refractivity contribution < 1.29 is 18.0 Å². The van der Waals surface area contributed by atoms with Crippen molar-refractivity contribution >= 4 is 32.7 Å². The number of rotatable bonds is 11. The monoisotopic (exact) mass is 470 g/mol. The maximum atomic E-state index is 12.9. The average molecular weight is 471 g/mol. The highest BCUT2D eigenvalue weighted by Gasteiger charge is 2.24. The van der Waals surface area contributed by atoms with E-state index in [1.165, 1.54) is 28.6 Å². The van der Waals surface area contributed by atoms with E-state index in [9.17, 15) is 18.0 Å². The van der Waals surface area contributed by atoms with Crippen molar-refractivity contribution in [3.63, 3.8) is 0 Å². The summed E-state index contributed by atoms with van der Waals surface area (Å²) < 4.78 is 27.3. The number of nitrogens with one attached hydrogen (secondary N) is 2. The summed E-state index contributed by atoms with van der Waals surface area (Å²) in [6, 6.07) is 12.5. The first-order valence-electron chi connectivity index (χ1n) is 11.0. The predicted octanol–water partition coefficient (Wildman–Crippen LogP) is 2.80. The Bertz CT molecular complexity index is 1210. The van der Waals surface area contributed by atoms with Gasteiger partial charge in [-0.05, 0) is 48.7 Å². The first-order chi connectivity index (χ1) is 15.8. The Balaban J connectivity index is 1.75. The molecule has 0 bridgehead atoms. The van der Waals surface area contributed by atoms with Gasteiger partial charge in [0.1, 0.15) is 6.04 Å². The number of fused-ring (bicyclic) bond motifs is 1. The van der Waals surface area contributed by atoms with Crippen LogP contribution in [0.5, 0.6) is 0 Å². The van der Waals surface area contributed by atoms with Crippen molar-refractivity contribution in [1.29, 1.82) is 0 Å². The number of para-hydroxylation sites is 1. The number of benzene rings is 2. The van der Waals surface area contributed by atoms with Crippen LogP contribution in [-0.4, -0.2) is 48.7 Å². The number of carbonyl (C=O) groups is 2. The van der Waals surface area contributed by atoms with Gasteiger partial charge in [-0.25, -0.2) is 8.42 Å². The summed E-state index contributed by atoms with van der Waals surface area (Å²) in [5, 5.41) is 3.62. The fraction of sp³-hybridized carbons (Fsp3) is 0.333. The standard InChI is InChI=1S/C24H30N4O4S/c1-3-13-28(14-4-2)33(31,32)19-11-9-17(10-12-19)24(30)27-22(23(25)29)15-18-16-26-21-8-6-5-7-20(18)21/h5-12,16,22,26H,3-4,13-15H2,1-2H3,(H2,25,29)(H,27,30)/t22-/m0/s1. The molecular weight excluding hydrogens is 440 g/mol. The van der Waals surface area contributed by atoms with E-state index in [0.29, 0.717) is 25.9 Å². The molecule has 0 saturated heterocycles. The molecule has 1 heterocycles. The largest absolute Gasteiger partial charge is 0.368 e. The molecule has 0 unspecified atom stereocenters. The normalized spacial score (nSPS) is 12.7. The molecule has 4 N–H and O–H groups in total. The van der Waals surface area contributed by atoms with Gasteiger partial charge in [0.15, 0.2) is 0 Å². The van der Waals surface area contributed by atoms with Gasteiger partial charge < -0.3 is 16.0 Å². The topological polar surface area (TPSA) is 125 Å². The van der Waals surface area contributed by atoms with E-state index in [4.69, 9.17) is 5.73 Å². The minimum Gasteiger partial charge on any atom is -0.368 e. The van der Waals surface area contributed by atoms with Crippen LogP contribution in [-0.2, 0) is 21.2 Å². The molecule has 9 heteroatoms. The Morgan fingerprint density at radius 2 is 1.67 bits per heavy atom. The van der Waals surface area contributed by atoms with Crippen molar-refractivity contribution in [1.82, 2.24) is 14.6 Å². The Morgan fingerprint density at radius 1 is 1.03 bits per heavy atom. The zero-order valence-electron chi connectivity index (χ0n) is 18.9. The van der Waals surface area contributed by atoms with E-state index in [1.807, 2.05) is 38.1 Å². The number of H-pyrrole nitrogens is 1. The van der Waals surface area contributed by atoms with Crippen LogP contribution in [0.1, 0.15) is 42.6 Å². The summed E-state index contributed by atoms with van der Waals surface area (Å²) in [7, 11) is -3.64. The Kier molecular flexibility index (Phi) is 7.88. The molecule has 0 radical (unpaired) electrons. The van der Waals surface area contributed by atoms with Gasteiger partial charge in [-0.15, -0.1) is 0 Å². The molecule has 2 aromatic carbocycles. The van der Waals surface area contributed by atoms with Gasteiger partial charge in [0.05, 0.1) is 4.90 Å². The highest BCUT2D eigenvalue weighted by Crippen LogP contribution is 2.20. The molecular formula is C24H30N4O4S. The second-order valence-corrected chi connectivity index (χ2v) is 9.86. The molecule has 176 valence electrons. The van der Waals surface area contributed by atoms with E-state index in [-0.39, 0.29) is 16.9 Å². The summed E-state index contributed by atoms with van der Waals surface area (Å²) in [5.74, 6) is -1.15. The molecule has 0 aliphatic rings. The summed E-state index contributed by atoms with van der Waals surface area (Å²) in [4.78, 5) is 28.1. The molecule has 8 nitrogen and oxygen atoms in total. The number of primary amides is 1. The van der Waals surface area contributed by atoms with Crippen LogP contribution in [0.15, 0.2) is 59.6 Å². The quantitative estimate of drug-likeness (QED) is 0.398. The highest BCUT2D eigenvalue weighted by molar-refractivity contribution is 7.89. The van der Waals surface area contributed by atoms with Crippen LogP contribution in [0.3, 0.4) is 0 Å². The number of hydrogen-bond acceptors (Lipinski definition) is 4. The van der Waals surface area contributed by atoms with Gasteiger partial charge in [-0.2, -0.15) is 4.31 Å². The summed E-state index contributed by atoms with van der Waals surface area (Å²) in [6.45, 7) is 4.73. The molecule has 1 aromatic heterocycles. The third-order valence-electron chi connectivity index (χ3n) is 5.45. The molecule has 0 aliphatic heterocycles. The summed E-state index contributed by atoms with van der Waals surface area (Å²) >= 11 is 0. The first-order valence-corrected chi connectivity index (χ1v) is 12.5. The van der Waals surface area contributed by atoms with Gasteiger partial charge in [0.25, 0.3) is 5.91 Å². The van der Waals surface area contributed by atoms with E-state index in [0.717, 1.165) is 16.5 Å². The molecule has 3 aromatic rings. The second kappa shape index (κ2) is 10.6. The zero-order valence-corrected chi connectivity index (χ0v) is 19.7. The number of amides is 2. The van der Waals surface area contributed by atoms with Crippen molar-refractivity contribution in [2.45, 2.75) is 44.0 Å². The van der Waals surface area contributed by atoms with E-state index >= 15 is 0 Å². The number of aromatic amines is 1. The van der Waals surface area contributed by atoms with Crippen LogP contribution in [0, 0.1) is 0 Å². The van der Waals surface area contributed by atoms with Crippen molar-refractivity contribution in [3.8, 4) is 0 Å². The molecule has 33 heavy (non-hydrogen) atoms. The smallest absolute Gasteiger partial charge is 0.251 e. The zero-order chi connectivity index (χ0) is 24.0. The Labute approximate surface area is 194 Å². The third kappa shape index (κ3) is 5.61. The molecule has 0 fully saturated rings. The second-order valence-electron chi connectivity index (χ2n) is 7.92. The minimum atomic E-state index is -3.64. The van der Waals surface area contributed by atoms with Gasteiger partial charge >= 0.3 is 0 Å². The van der Waals surface area contributed by atoms with Gasteiger partial charge in [0, 0.05) is 42.2 Å². The van der Waals surface area contributed by atoms with Crippen LogP contribution in [0.2, 0.25) is 0 Å². The lowest BCUT2D eigenvalue weighted by Crippen LogP contribution is -2.45. The lowest BCUT2D eigenvalue weighted by Gasteiger charge is -2.21. The molecule has 2 amide bonds. The SMILES string of the molecule is CCCN(CCC)S(=O)(=O)c1ccc(C(=O)N[C@@H](Cc2c[nH]c3ccccc23)C(N)=O)cc1. The molecule has 0 aliphatic carbocycles. The first kappa shape index (κ1) is 24.5. The number of carbonyl (C=O) groups excluding carboxylic acids is 2. The Morgan fingerprint density at radius 3 is 2.27 bits per heavy atom. The lowest BCUT2D eigenvalue weighted by molar-refractivity contribution is -0.119. The van der Waals surface area contributed by atoms with Crippen LogP contribution in [0.25, 0.3) is 10.9 Å². The number of hydrogen-bond donors (Lipinski definition) is 3. The van der Waals surface area contributed by atoms with E-state index in [1.54, 1.807) is 6.20 Å². The molecule has 1 atom stereocenters. The van der Waals surface area contributed by atoms with Gasteiger partial charge in [-0.3, -0.25) is 9.59 Å². The van der Waals surface area contributed by atoms with E-state index in [2.05, 4.69) is 10.3 Å². The number of nitrogens with two attached hydrogens (primary N) is 1. The lowest BCUT2D eigenvalue weighted by atomic mass is 10.0. The average Bonchev–Trinajstić information content (AvgIpc) is 3.21. The maximum absolute atomic E-state index is 12.9. The van der Waals surface area contributed by atoms with Gasteiger partial charge in [0.2, 0.25) is 15.9 Å². The van der Waals surface area contributed by atoms with Crippen molar-refractivity contribution in [2.24, 2.45) is 5.73 Å². The van der Waals surface area contributed by atoms with Crippen LogP contribution >= 0.6 is 0 Å². The summed E-state index contributed by atoms with van der Waals surface area (Å²) in [6.07, 6.45) is 3.46. The fourth-order valence-corrected chi connectivity index (χ4v) is 5.39. The molecule has 3 rings (SSSR count). The predicted molar refractivity (Wildman–Crippen MR) is 128 cm³/mol. The fourth-order valence-electron chi connectivity index (χ4n) is 3.76. The molecule has 0 spiro atoms. The third-order valence-corrected chi connectivity index (χ3v) is 7.36. The minimum absolute atomic E-state index is 0.131. The maximum Gasteiger partial charge on any atom is 0.251 e. The van der Waals surface area contributed by atoms with E-state index < -0.39 is 27.9 Å². The van der Waals surface area contributed by atoms with Crippen molar-refractivity contribution in [2.75, 3.05) is 13.1 Å². The highest BCUT2D eigenvalue weighted by atomic mass is 32.2. The van der Waals surface area contributed by atoms with Crippen LogP contribution in [0.4, 0.5) is 0 Å². The van der Waals surface area contributed by atoms with Gasteiger partial charge in [-0.1, -0.05) is 32.0 Å². The van der Waals surface area contributed by atoms with Crippen molar-refractivity contribution in [3.05, 3.63) is 65.9 Å². The number of nitrogens with zero attached hydrogens (tertiary/aromatic N) is 1. The number of sulfonamides is 1. The molecule has 0 saturated carbocycles. The Hall–Kier alpha value is -3.17.